The second kappa shape index (κ2) is 8.27. The molecular weight excluding hydrogens is 490 g/mol. The number of benzene rings is 2. The summed E-state index contributed by atoms with van der Waals surface area (Å²) in [4.78, 5) is -0.195. The van der Waals surface area contributed by atoms with Crippen LogP contribution in [-0.2, 0) is 26.7 Å². The second-order valence-electron chi connectivity index (χ2n) is 6.34. The van der Waals surface area contributed by atoms with Crippen LogP contribution in [0.3, 0.4) is 0 Å². The predicted molar refractivity (Wildman–Crippen MR) is 96.7 cm³/mol. The zero-order valence-electron chi connectivity index (χ0n) is 15.0. The average Bonchev–Trinajstić information content (AvgIpc) is 2.59. The summed E-state index contributed by atoms with van der Waals surface area (Å²) in [6.45, 7) is 2.55. The van der Waals surface area contributed by atoms with E-state index in [1.807, 2.05) is 0 Å². The molecule has 2 aromatic carbocycles. The first-order valence-electron chi connectivity index (χ1n) is 8.09. The zero-order chi connectivity index (χ0) is 22.2. The Morgan fingerprint density at radius 1 is 0.862 bits per heavy atom. The lowest BCUT2D eigenvalue weighted by molar-refractivity contribution is -0.143. The molecule has 0 bridgehead atoms. The van der Waals surface area contributed by atoms with Crippen molar-refractivity contribution in [3.05, 3.63) is 63.6 Å². The van der Waals surface area contributed by atoms with E-state index in [0.29, 0.717) is 16.6 Å². The van der Waals surface area contributed by atoms with Gasteiger partial charge < -0.3 is 0 Å². The van der Waals surface area contributed by atoms with Crippen LogP contribution in [0.4, 0.5) is 26.3 Å². The van der Waals surface area contributed by atoms with Crippen molar-refractivity contribution in [3.8, 4) is 0 Å². The van der Waals surface area contributed by atoms with Gasteiger partial charge in [-0.05, 0) is 55.0 Å². The molecule has 0 spiro atoms. The molecule has 29 heavy (non-hydrogen) atoms. The third-order valence-electron chi connectivity index (χ3n) is 4.22. The maximum Gasteiger partial charge on any atom is 0.416 e. The Kier molecular flexibility index (Phi) is 6.75. The van der Waals surface area contributed by atoms with Gasteiger partial charge in [-0.25, -0.2) is 0 Å². The molecule has 0 saturated carbocycles. The highest BCUT2D eigenvalue weighted by atomic mass is 79.9. The summed E-state index contributed by atoms with van der Waals surface area (Å²) in [5.74, 6) is -1.08. The molecule has 0 aliphatic rings. The topological polar surface area (TPSA) is 43.4 Å². The number of rotatable bonds is 5. The molecule has 2 aromatic rings. The third-order valence-corrected chi connectivity index (χ3v) is 6.16. The van der Waals surface area contributed by atoms with E-state index in [-0.39, 0.29) is 16.5 Å². The van der Waals surface area contributed by atoms with Gasteiger partial charge in [-0.15, -0.1) is 0 Å². The molecule has 2 atom stereocenters. The highest BCUT2D eigenvalue weighted by Crippen LogP contribution is 2.38. The molecule has 3 nitrogen and oxygen atoms in total. The molecule has 0 heterocycles. The number of alkyl halides is 6. The standard InChI is InChI=1S/C18H15BrF6O3S/c1-10(11(2)28-29(26,27)16-5-3-15(19)4-6-16)12-7-13(17(20,21)22)9-14(8-12)18(23,24)25/h3-11H,1-2H3/t10-,11-/m1/s1. The van der Waals surface area contributed by atoms with Crippen LogP contribution in [0.5, 0.6) is 0 Å². The van der Waals surface area contributed by atoms with Gasteiger partial charge in [-0.2, -0.15) is 34.8 Å². The molecule has 0 fully saturated rings. The molecule has 0 saturated heterocycles. The maximum atomic E-state index is 13.0. The Morgan fingerprint density at radius 3 is 1.72 bits per heavy atom. The third kappa shape index (κ3) is 5.95. The van der Waals surface area contributed by atoms with Crippen LogP contribution in [0.1, 0.15) is 36.5 Å². The first-order chi connectivity index (χ1) is 13.1. The van der Waals surface area contributed by atoms with Crippen molar-refractivity contribution >= 4 is 26.0 Å². The van der Waals surface area contributed by atoms with Crippen LogP contribution in [0, 0.1) is 0 Å². The molecule has 0 aliphatic heterocycles. The highest BCUT2D eigenvalue weighted by molar-refractivity contribution is 9.10. The smallest absolute Gasteiger partial charge is 0.263 e. The van der Waals surface area contributed by atoms with Gasteiger partial charge in [-0.1, -0.05) is 22.9 Å². The molecule has 0 radical (unpaired) electrons. The first-order valence-corrected chi connectivity index (χ1v) is 10.3. The summed E-state index contributed by atoms with van der Waals surface area (Å²) in [6.07, 6.45) is -11.2. The fraction of sp³-hybridized carbons (Fsp3) is 0.333. The fourth-order valence-electron chi connectivity index (χ4n) is 2.45. The van der Waals surface area contributed by atoms with E-state index >= 15 is 0 Å². The van der Waals surface area contributed by atoms with Crippen molar-refractivity contribution < 1.29 is 38.9 Å². The van der Waals surface area contributed by atoms with Crippen LogP contribution < -0.4 is 0 Å². The maximum absolute atomic E-state index is 13.0. The van der Waals surface area contributed by atoms with Crippen molar-refractivity contribution in [2.24, 2.45) is 0 Å². The van der Waals surface area contributed by atoms with Gasteiger partial charge in [0.05, 0.1) is 22.1 Å². The van der Waals surface area contributed by atoms with E-state index < -0.39 is 45.6 Å². The lowest BCUT2D eigenvalue weighted by atomic mass is 9.92. The van der Waals surface area contributed by atoms with Gasteiger partial charge in [-0.3, -0.25) is 4.18 Å². The molecular formula is C18H15BrF6O3S. The Balaban J connectivity index is 2.37. The van der Waals surface area contributed by atoms with Gasteiger partial charge >= 0.3 is 12.4 Å². The molecule has 11 heteroatoms. The summed E-state index contributed by atoms with van der Waals surface area (Å²) >= 11 is 3.14. The van der Waals surface area contributed by atoms with Gasteiger partial charge in [0.25, 0.3) is 10.1 Å². The summed E-state index contributed by atoms with van der Waals surface area (Å²) in [5.41, 5.74) is -3.29. The molecule has 2 rings (SSSR count). The Labute approximate surface area is 171 Å². The molecule has 0 amide bonds. The average molecular weight is 505 g/mol. The van der Waals surface area contributed by atoms with Crippen LogP contribution >= 0.6 is 15.9 Å². The minimum atomic E-state index is -5.00. The summed E-state index contributed by atoms with van der Waals surface area (Å²) in [6, 6.07) is 6.55. The number of hydrogen-bond acceptors (Lipinski definition) is 3. The minimum Gasteiger partial charge on any atom is -0.263 e. The molecule has 0 unspecified atom stereocenters. The Bertz CT molecular complexity index is 936. The minimum absolute atomic E-state index is 0.0142. The monoisotopic (exact) mass is 504 g/mol. The van der Waals surface area contributed by atoms with Crippen LogP contribution in [0.25, 0.3) is 0 Å². The molecule has 160 valence electrons. The van der Waals surface area contributed by atoms with Crippen LogP contribution in [0.15, 0.2) is 51.8 Å². The van der Waals surface area contributed by atoms with E-state index in [2.05, 4.69) is 15.9 Å². The summed E-state index contributed by atoms with van der Waals surface area (Å²) in [7, 11) is -4.27. The van der Waals surface area contributed by atoms with Gasteiger partial charge in [0.1, 0.15) is 0 Å². The predicted octanol–water partition coefficient (Wildman–Crippen LogP) is 6.38. The van der Waals surface area contributed by atoms with E-state index in [0.717, 1.165) is 0 Å². The van der Waals surface area contributed by atoms with Crippen molar-refractivity contribution in [1.29, 1.82) is 0 Å². The largest absolute Gasteiger partial charge is 0.416 e. The zero-order valence-corrected chi connectivity index (χ0v) is 17.4. The van der Waals surface area contributed by atoms with Crippen molar-refractivity contribution in [3.63, 3.8) is 0 Å². The fourth-order valence-corrected chi connectivity index (χ4v) is 3.86. The van der Waals surface area contributed by atoms with Gasteiger partial charge in [0.2, 0.25) is 0 Å². The van der Waals surface area contributed by atoms with Gasteiger partial charge in [0.15, 0.2) is 0 Å². The van der Waals surface area contributed by atoms with E-state index in [4.69, 9.17) is 4.18 Å². The first kappa shape index (κ1) is 23.7. The molecule has 0 aliphatic carbocycles. The highest BCUT2D eigenvalue weighted by Gasteiger charge is 2.38. The lowest BCUT2D eigenvalue weighted by Crippen LogP contribution is -2.22. The van der Waals surface area contributed by atoms with Crippen molar-refractivity contribution in [2.45, 2.75) is 43.1 Å². The van der Waals surface area contributed by atoms with E-state index in [1.54, 1.807) is 0 Å². The number of hydrogen-bond donors (Lipinski definition) is 0. The summed E-state index contributed by atoms with van der Waals surface area (Å²) in [5, 5.41) is 0. The van der Waals surface area contributed by atoms with Gasteiger partial charge in [0, 0.05) is 10.4 Å². The Morgan fingerprint density at radius 2 is 1.31 bits per heavy atom. The molecule has 0 N–H and O–H groups in total. The van der Waals surface area contributed by atoms with Crippen LogP contribution in [0.2, 0.25) is 0 Å². The second-order valence-corrected chi connectivity index (χ2v) is 8.83. The normalized spacial score (nSPS) is 15.2. The van der Waals surface area contributed by atoms with Crippen molar-refractivity contribution in [1.82, 2.24) is 0 Å². The SMILES string of the molecule is C[C@@H](OS(=O)(=O)c1ccc(Br)cc1)[C@@H](C)c1cc(C(F)(F)F)cc(C(F)(F)F)c1. The van der Waals surface area contributed by atoms with E-state index in [1.165, 1.54) is 38.1 Å². The number of halogens is 7. The molecule has 0 aromatic heterocycles. The quantitative estimate of drug-likeness (QED) is 0.350. The lowest BCUT2D eigenvalue weighted by Gasteiger charge is -2.23. The van der Waals surface area contributed by atoms with Crippen LogP contribution in [-0.4, -0.2) is 14.5 Å². The summed E-state index contributed by atoms with van der Waals surface area (Å²) < 4.78 is 108. The van der Waals surface area contributed by atoms with Crippen molar-refractivity contribution in [2.75, 3.05) is 0 Å². The Hall–Kier alpha value is -1.59. The van der Waals surface area contributed by atoms with E-state index in [9.17, 15) is 34.8 Å².